The van der Waals surface area contributed by atoms with E-state index in [4.69, 9.17) is 0 Å². The summed E-state index contributed by atoms with van der Waals surface area (Å²) in [7, 11) is -3.57. The van der Waals surface area contributed by atoms with Crippen LogP contribution in [0.15, 0.2) is 75.8 Å². The Morgan fingerprint density at radius 1 is 0.923 bits per heavy atom. The van der Waals surface area contributed by atoms with E-state index in [0.717, 1.165) is 22.0 Å². The molecule has 130 valence electrons. The molecular formula is C18H13N3O2S3. The van der Waals surface area contributed by atoms with Gasteiger partial charge in [-0.05, 0) is 35.7 Å². The van der Waals surface area contributed by atoms with Crippen molar-refractivity contribution in [1.29, 1.82) is 0 Å². The first-order chi connectivity index (χ1) is 12.6. The van der Waals surface area contributed by atoms with E-state index in [0.29, 0.717) is 5.69 Å². The van der Waals surface area contributed by atoms with Gasteiger partial charge in [-0.2, -0.15) is 0 Å². The van der Waals surface area contributed by atoms with Crippen LogP contribution in [0.3, 0.4) is 0 Å². The van der Waals surface area contributed by atoms with Gasteiger partial charge in [0, 0.05) is 22.8 Å². The average molecular weight is 400 g/mol. The third-order valence-electron chi connectivity index (χ3n) is 3.56. The molecule has 0 saturated heterocycles. The van der Waals surface area contributed by atoms with Gasteiger partial charge >= 0.3 is 0 Å². The van der Waals surface area contributed by atoms with Crippen LogP contribution in [0.1, 0.15) is 0 Å². The zero-order chi connectivity index (χ0) is 18.0. The van der Waals surface area contributed by atoms with Crippen molar-refractivity contribution in [2.75, 3.05) is 4.72 Å². The highest BCUT2D eigenvalue weighted by Gasteiger charge is 2.15. The smallest absolute Gasteiger partial charge is 0.271 e. The molecule has 5 nitrogen and oxygen atoms in total. The number of nitrogens with zero attached hydrogens (tertiary/aromatic N) is 2. The van der Waals surface area contributed by atoms with Gasteiger partial charge in [-0.15, -0.1) is 22.7 Å². The van der Waals surface area contributed by atoms with Gasteiger partial charge in [-0.3, -0.25) is 9.71 Å². The van der Waals surface area contributed by atoms with Crippen LogP contribution in [0.4, 0.5) is 5.69 Å². The van der Waals surface area contributed by atoms with E-state index in [2.05, 4.69) is 14.7 Å². The fourth-order valence-corrected chi connectivity index (χ4v) is 5.22. The monoisotopic (exact) mass is 399 g/mol. The van der Waals surface area contributed by atoms with E-state index in [1.807, 2.05) is 29.6 Å². The second-order valence-corrected chi connectivity index (χ2v) is 9.09. The molecule has 0 bridgehead atoms. The summed E-state index contributed by atoms with van der Waals surface area (Å²) in [5.74, 6) is 0. The molecule has 0 aliphatic rings. The highest BCUT2D eigenvalue weighted by molar-refractivity contribution is 7.94. The Hall–Kier alpha value is -2.55. The number of hydrogen-bond acceptors (Lipinski definition) is 6. The second-order valence-electron chi connectivity index (χ2n) is 5.37. The Morgan fingerprint density at radius 3 is 2.62 bits per heavy atom. The van der Waals surface area contributed by atoms with E-state index >= 15 is 0 Å². The SMILES string of the molecule is O=S(=O)(Nc1cccc(-c2csc(-c3ccccn3)n2)c1)c1cccs1. The summed E-state index contributed by atoms with van der Waals surface area (Å²) in [6.07, 6.45) is 1.73. The second kappa shape index (κ2) is 6.99. The number of pyridine rings is 1. The number of thiophene rings is 1. The Labute approximate surface area is 159 Å². The first kappa shape index (κ1) is 16.9. The van der Waals surface area contributed by atoms with Gasteiger partial charge in [0.05, 0.1) is 11.4 Å². The molecule has 0 amide bonds. The normalized spacial score (nSPS) is 11.4. The van der Waals surface area contributed by atoms with Crippen LogP contribution in [0.25, 0.3) is 22.0 Å². The van der Waals surface area contributed by atoms with Crippen molar-refractivity contribution in [2.24, 2.45) is 0 Å². The lowest BCUT2D eigenvalue weighted by Gasteiger charge is -2.07. The molecule has 4 rings (SSSR count). The first-order valence-corrected chi connectivity index (χ1v) is 10.9. The van der Waals surface area contributed by atoms with Gasteiger partial charge in [0.1, 0.15) is 9.22 Å². The van der Waals surface area contributed by atoms with Gasteiger partial charge < -0.3 is 0 Å². The summed E-state index contributed by atoms with van der Waals surface area (Å²) in [4.78, 5) is 8.93. The molecule has 0 atom stereocenters. The Balaban J connectivity index is 1.62. The third-order valence-corrected chi connectivity index (χ3v) is 7.20. The van der Waals surface area contributed by atoms with Crippen LogP contribution < -0.4 is 4.72 Å². The molecule has 3 heterocycles. The zero-order valence-corrected chi connectivity index (χ0v) is 15.8. The number of hydrogen-bond donors (Lipinski definition) is 1. The van der Waals surface area contributed by atoms with Gasteiger partial charge in [0.25, 0.3) is 10.0 Å². The number of anilines is 1. The lowest BCUT2D eigenvalue weighted by atomic mass is 10.1. The number of aromatic nitrogens is 2. The first-order valence-electron chi connectivity index (χ1n) is 7.65. The molecule has 0 unspecified atom stereocenters. The molecule has 8 heteroatoms. The summed E-state index contributed by atoms with van der Waals surface area (Å²) in [5.41, 5.74) is 2.95. The van der Waals surface area contributed by atoms with E-state index < -0.39 is 10.0 Å². The van der Waals surface area contributed by atoms with Crippen molar-refractivity contribution < 1.29 is 8.42 Å². The van der Waals surface area contributed by atoms with E-state index in [-0.39, 0.29) is 4.21 Å². The molecule has 26 heavy (non-hydrogen) atoms. The van der Waals surface area contributed by atoms with E-state index in [1.54, 1.807) is 41.9 Å². The fourth-order valence-electron chi connectivity index (χ4n) is 2.38. The predicted octanol–water partition coefficient (Wildman–Crippen LogP) is 4.73. The zero-order valence-electron chi connectivity index (χ0n) is 13.4. The lowest BCUT2D eigenvalue weighted by Crippen LogP contribution is -2.11. The molecule has 0 fully saturated rings. The number of thiazole rings is 1. The van der Waals surface area contributed by atoms with Crippen molar-refractivity contribution >= 4 is 38.4 Å². The molecule has 1 aromatic carbocycles. The van der Waals surface area contributed by atoms with Crippen LogP contribution in [-0.2, 0) is 10.0 Å². The third kappa shape index (κ3) is 3.52. The summed E-state index contributed by atoms with van der Waals surface area (Å²) < 4.78 is 27.7. The van der Waals surface area contributed by atoms with Crippen LogP contribution in [0.2, 0.25) is 0 Å². The maximum atomic E-state index is 12.4. The lowest BCUT2D eigenvalue weighted by molar-refractivity contribution is 0.603. The standard InChI is InChI=1S/C18H13N3O2S3/c22-26(23,17-8-4-10-24-17)21-14-6-3-5-13(11-14)16-12-25-18(20-16)15-7-1-2-9-19-15/h1-12,21H. The number of nitrogens with one attached hydrogen (secondary N) is 1. The van der Waals surface area contributed by atoms with Gasteiger partial charge in [-0.1, -0.05) is 24.3 Å². The number of rotatable bonds is 5. The van der Waals surface area contributed by atoms with Crippen molar-refractivity contribution in [3.63, 3.8) is 0 Å². The minimum atomic E-state index is -3.57. The van der Waals surface area contributed by atoms with Crippen LogP contribution in [-0.4, -0.2) is 18.4 Å². The minimum Gasteiger partial charge on any atom is -0.279 e. The molecule has 0 spiro atoms. The molecular weight excluding hydrogens is 386 g/mol. The maximum Gasteiger partial charge on any atom is 0.271 e. The van der Waals surface area contributed by atoms with Crippen molar-refractivity contribution in [1.82, 2.24) is 9.97 Å². The summed E-state index contributed by atoms with van der Waals surface area (Å²) in [6.45, 7) is 0. The van der Waals surface area contributed by atoms with E-state index in [1.165, 1.54) is 22.7 Å². The fraction of sp³-hybridized carbons (Fsp3) is 0. The molecule has 0 saturated carbocycles. The largest absolute Gasteiger partial charge is 0.279 e. The molecule has 4 aromatic rings. The highest BCUT2D eigenvalue weighted by atomic mass is 32.2. The maximum absolute atomic E-state index is 12.4. The van der Waals surface area contributed by atoms with E-state index in [9.17, 15) is 8.42 Å². The summed E-state index contributed by atoms with van der Waals surface area (Å²) in [6, 6.07) is 16.2. The quantitative estimate of drug-likeness (QED) is 0.526. The molecule has 0 aliphatic heterocycles. The molecule has 3 aromatic heterocycles. The average Bonchev–Trinajstić information content (AvgIpc) is 3.35. The topological polar surface area (TPSA) is 72.0 Å². The van der Waals surface area contributed by atoms with Gasteiger partial charge in [0.2, 0.25) is 0 Å². The van der Waals surface area contributed by atoms with Crippen LogP contribution in [0, 0.1) is 0 Å². The van der Waals surface area contributed by atoms with Gasteiger partial charge in [-0.25, -0.2) is 13.4 Å². The summed E-state index contributed by atoms with van der Waals surface area (Å²) >= 11 is 2.69. The molecule has 1 N–H and O–H groups in total. The highest BCUT2D eigenvalue weighted by Crippen LogP contribution is 2.29. The minimum absolute atomic E-state index is 0.286. The van der Waals surface area contributed by atoms with Crippen molar-refractivity contribution in [3.05, 3.63) is 71.6 Å². The Kier molecular flexibility index (Phi) is 4.54. The van der Waals surface area contributed by atoms with Crippen molar-refractivity contribution in [2.45, 2.75) is 4.21 Å². The number of sulfonamides is 1. The predicted molar refractivity (Wildman–Crippen MR) is 106 cm³/mol. The Morgan fingerprint density at radius 2 is 1.85 bits per heavy atom. The number of benzene rings is 1. The van der Waals surface area contributed by atoms with Crippen molar-refractivity contribution in [3.8, 4) is 22.0 Å². The molecule has 0 radical (unpaired) electrons. The van der Waals surface area contributed by atoms with Crippen LogP contribution >= 0.6 is 22.7 Å². The Bertz CT molecular complexity index is 1120. The van der Waals surface area contributed by atoms with Crippen LogP contribution in [0.5, 0.6) is 0 Å². The molecule has 0 aliphatic carbocycles. The van der Waals surface area contributed by atoms with Gasteiger partial charge in [0.15, 0.2) is 0 Å². The summed E-state index contributed by atoms with van der Waals surface area (Å²) in [5, 5.41) is 4.50.